The monoisotopic (exact) mass is 465 g/mol. The molecule has 2 heterocycles. The first-order chi connectivity index (χ1) is 14.8. The molecule has 1 N–H and O–H groups in total. The summed E-state index contributed by atoms with van der Waals surface area (Å²) < 4.78 is 5.28. The highest BCUT2D eigenvalue weighted by atomic mass is 35.5. The number of anilines is 1. The van der Waals surface area contributed by atoms with Gasteiger partial charge in [-0.15, -0.1) is 11.3 Å². The van der Waals surface area contributed by atoms with Crippen LogP contribution < -0.4 is 5.32 Å². The van der Waals surface area contributed by atoms with Gasteiger partial charge < -0.3 is 15.0 Å². The number of amides is 2. The van der Waals surface area contributed by atoms with Crippen LogP contribution in [0.2, 0.25) is 5.02 Å². The van der Waals surface area contributed by atoms with Gasteiger partial charge in [0.15, 0.2) is 6.10 Å². The fourth-order valence-electron chi connectivity index (χ4n) is 3.16. The summed E-state index contributed by atoms with van der Waals surface area (Å²) in [6, 6.07) is 7.24. The molecule has 0 aliphatic carbocycles. The van der Waals surface area contributed by atoms with E-state index in [9.17, 15) is 24.5 Å². The van der Waals surface area contributed by atoms with Crippen molar-refractivity contribution < 1.29 is 24.0 Å². The molecule has 11 heteroatoms. The van der Waals surface area contributed by atoms with Crippen LogP contribution in [0.1, 0.15) is 29.4 Å². The minimum Gasteiger partial charge on any atom is -0.452 e. The van der Waals surface area contributed by atoms with Crippen LogP contribution in [0.5, 0.6) is 0 Å². The zero-order valence-corrected chi connectivity index (χ0v) is 18.1. The van der Waals surface area contributed by atoms with Crippen molar-refractivity contribution in [2.24, 2.45) is 5.92 Å². The largest absolute Gasteiger partial charge is 0.452 e. The van der Waals surface area contributed by atoms with Crippen molar-refractivity contribution in [3.63, 3.8) is 0 Å². The standard InChI is InChI=1S/C20H20ClN3O6S/c1-12(18(25)22-16-11-14(24(28)29)4-5-15(16)21)30-20(27)13-6-8-23(9-7-13)19(26)17-3-2-10-31-17/h2-5,10-13H,6-9H2,1H3,(H,22,25). The number of nitro benzene ring substituents is 1. The third-order valence-electron chi connectivity index (χ3n) is 4.93. The van der Waals surface area contributed by atoms with Gasteiger partial charge in [-0.1, -0.05) is 17.7 Å². The number of likely N-dealkylation sites (tertiary alicyclic amines) is 1. The second kappa shape index (κ2) is 9.88. The van der Waals surface area contributed by atoms with Gasteiger partial charge in [0.05, 0.1) is 26.4 Å². The molecule has 0 saturated carbocycles. The highest BCUT2D eigenvalue weighted by Crippen LogP contribution is 2.27. The van der Waals surface area contributed by atoms with Crippen LogP contribution in [0.4, 0.5) is 11.4 Å². The molecule has 2 aromatic rings. The van der Waals surface area contributed by atoms with Crippen molar-refractivity contribution in [3.8, 4) is 0 Å². The number of hydrogen-bond acceptors (Lipinski definition) is 7. The van der Waals surface area contributed by atoms with Crippen LogP contribution in [-0.2, 0) is 14.3 Å². The van der Waals surface area contributed by atoms with Crippen LogP contribution in [-0.4, -0.2) is 46.8 Å². The highest BCUT2D eigenvalue weighted by Gasteiger charge is 2.31. The quantitative estimate of drug-likeness (QED) is 0.394. The molecule has 9 nitrogen and oxygen atoms in total. The van der Waals surface area contributed by atoms with E-state index >= 15 is 0 Å². The first-order valence-corrected chi connectivity index (χ1v) is 10.8. The minimum atomic E-state index is -1.12. The number of carbonyl (C=O) groups excluding carboxylic acids is 3. The van der Waals surface area contributed by atoms with Gasteiger partial charge in [-0.3, -0.25) is 24.5 Å². The van der Waals surface area contributed by atoms with E-state index in [1.807, 2.05) is 11.4 Å². The molecule has 1 saturated heterocycles. The molecular weight excluding hydrogens is 446 g/mol. The van der Waals surface area contributed by atoms with E-state index in [4.69, 9.17) is 16.3 Å². The number of nitrogens with zero attached hydrogens (tertiary/aromatic N) is 2. The number of nitro groups is 1. The molecule has 1 aromatic carbocycles. The summed E-state index contributed by atoms with van der Waals surface area (Å²) in [5, 5.41) is 15.3. The average molecular weight is 466 g/mol. The van der Waals surface area contributed by atoms with E-state index < -0.39 is 28.8 Å². The minimum absolute atomic E-state index is 0.0524. The SMILES string of the molecule is CC(OC(=O)C1CCN(C(=O)c2cccs2)CC1)C(=O)Nc1cc([N+](=O)[O-])ccc1Cl. The van der Waals surface area contributed by atoms with Crippen molar-refractivity contribution in [1.82, 2.24) is 4.90 Å². The Morgan fingerprint density at radius 3 is 2.61 bits per heavy atom. The number of carbonyl (C=O) groups is 3. The number of thiophene rings is 1. The Balaban J connectivity index is 1.51. The van der Waals surface area contributed by atoms with E-state index in [1.54, 1.807) is 11.0 Å². The van der Waals surface area contributed by atoms with Crippen molar-refractivity contribution in [3.05, 3.63) is 55.7 Å². The van der Waals surface area contributed by atoms with Crippen LogP contribution in [0.25, 0.3) is 0 Å². The van der Waals surface area contributed by atoms with Gasteiger partial charge >= 0.3 is 5.97 Å². The number of nitrogens with one attached hydrogen (secondary N) is 1. The van der Waals surface area contributed by atoms with Gasteiger partial charge in [-0.25, -0.2) is 0 Å². The molecule has 1 aromatic heterocycles. The molecule has 1 fully saturated rings. The number of piperidine rings is 1. The van der Waals surface area contributed by atoms with Gasteiger partial charge in [0.1, 0.15) is 0 Å². The number of hydrogen-bond donors (Lipinski definition) is 1. The lowest BCUT2D eigenvalue weighted by molar-refractivity contribution is -0.384. The molecule has 164 valence electrons. The summed E-state index contributed by atoms with van der Waals surface area (Å²) in [7, 11) is 0. The second-order valence-electron chi connectivity index (χ2n) is 7.03. The number of benzene rings is 1. The highest BCUT2D eigenvalue weighted by molar-refractivity contribution is 7.12. The first-order valence-electron chi connectivity index (χ1n) is 9.54. The van der Waals surface area contributed by atoms with Crippen LogP contribution in [0, 0.1) is 16.0 Å². The molecule has 0 spiro atoms. The van der Waals surface area contributed by atoms with E-state index in [1.165, 1.54) is 30.4 Å². The summed E-state index contributed by atoms with van der Waals surface area (Å²) in [5.74, 6) is -1.63. The Bertz CT molecular complexity index is 989. The average Bonchev–Trinajstić information content (AvgIpc) is 3.29. The Labute approximate surface area is 187 Å². The third-order valence-corrected chi connectivity index (χ3v) is 6.12. The maximum Gasteiger partial charge on any atom is 0.309 e. The van der Waals surface area contributed by atoms with E-state index in [0.29, 0.717) is 30.8 Å². The molecule has 0 radical (unpaired) electrons. The molecule has 0 bridgehead atoms. The maximum absolute atomic E-state index is 12.5. The summed E-state index contributed by atoms with van der Waals surface area (Å²) in [4.78, 5) is 49.9. The smallest absolute Gasteiger partial charge is 0.309 e. The Kier molecular flexibility index (Phi) is 7.24. The first kappa shape index (κ1) is 22.7. The molecule has 1 atom stereocenters. The number of ether oxygens (including phenoxy) is 1. The molecular formula is C20H20ClN3O6S. The lowest BCUT2D eigenvalue weighted by Gasteiger charge is -2.31. The lowest BCUT2D eigenvalue weighted by atomic mass is 9.97. The number of esters is 1. The zero-order valence-electron chi connectivity index (χ0n) is 16.6. The molecule has 3 rings (SSSR count). The molecule has 1 aliphatic heterocycles. The van der Waals surface area contributed by atoms with Crippen molar-refractivity contribution in [1.29, 1.82) is 0 Å². The zero-order chi connectivity index (χ0) is 22.5. The molecule has 1 aliphatic rings. The van der Waals surface area contributed by atoms with Gasteiger partial charge in [0, 0.05) is 25.2 Å². The third kappa shape index (κ3) is 5.59. The Hall–Kier alpha value is -2.98. The summed E-state index contributed by atoms with van der Waals surface area (Å²) >= 11 is 7.35. The molecule has 31 heavy (non-hydrogen) atoms. The number of halogens is 1. The van der Waals surface area contributed by atoms with Gasteiger partial charge in [0.2, 0.25) is 0 Å². The summed E-state index contributed by atoms with van der Waals surface area (Å²) in [6.07, 6.45) is -0.226. The fourth-order valence-corrected chi connectivity index (χ4v) is 4.01. The fraction of sp³-hybridized carbons (Fsp3) is 0.350. The van der Waals surface area contributed by atoms with Gasteiger partial charge in [0.25, 0.3) is 17.5 Å². The van der Waals surface area contributed by atoms with Crippen molar-refractivity contribution in [2.75, 3.05) is 18.4 Å². The molecule has 2 amide bonds. The number of rotatable bonds is 6. The van der Waals surface area contributed by atoms with E-state index in [0.717, 1.165) is 6.07 Å². The van der Waals surface area contributed by atoms with Crippen molar-refractivity contribution >= 4 is 52.1 Å². The van der Waals surface area contributed by atoms with Gasteiger partial charge in [-0.2, -0.15) is 0 Å². The summed E-state index contributed by atoms with van der Waals surface area (Å²) in [6.45, 7) is 2.27. The predicted octanol–water partition coefficient (Wildman–Crippen LogP) is 3.73. The van der Waals surface area contributed by atoms with Crippen LogP contribution >= 0.6 is 22.9 Å². The predicted molar refractivity (Wildman–Crippen MR) is 115 cm³/mol. The summed E-state index contributed by atoms with van der Waals surface area (Å²) in [5.41, 5.74) is -0.169. The van der Waals surface area contributed by atoms with Gasteiger partial charge in [-0.05, 0) is 37.3 Å². The Morgan fingerprint density at radius 1 is 1.29 bits per heavy atom. The number of non-ortho nitro benzene ring substituents is 1. The normalized spacial score (nSPS) is 15.2. The Morgan fingerprint density at radius 2 is 2.00 bits per heavy atom. The van der Waals surface area contributed by atoms with Crippen molar-refractivity contribution in [2.45, 2.75) is 25.9 Å². The second-order valence-corrected chi connectivity index (χ2v) is 8.39. The topological polar surface area (TPSA) is 119 Å². The van der Waals surface area contributed by atoms with E-state index in [2.05, 4.69) is 5.32 Å². The van der Waals surface area contributed by atoms with E-state index in [-0.39, 0.29) is 22.3 Å². The maximum atomic E-state index is 12.5. The van der Waals surface area contributed by atoms with Crippen LogP contribution in [0.15, 0.2) is 35.7 Å². The molecule has 1 unspecified atom stereocenters. The van der Waals surface area contributed by atoms with Crippen LogP contribution in [0.3, 0.4) is 0 Å². The lowest BCUT2D eigenvalue weighted by Crippen LogP contribution is -2.41.